The van der Waals surface area contributed by atoms with Gasteiger partial charge in [0.25, 0.3) is 0 Å². The van der Waals surface area contributed by atoms with Crippen molar-refractivity contribution in [3.8, 4) is 0 Å². The number of unbranched alkanes of at least 4 members (excludes halogenated alkanes) is 13. The van der Waals surface area contributed by atoms with E-state index in [1.807, 2.05) is 6.08 Å². The Labute approximate surface area is 127 Å². The third-order valence-corrected chi connectivity index (χ3v) is 3.83. The maximum Gasteiger partial charge on any atom is 0.0715 e. The molecule has 0 spiro atoms. The maximum atomic E-state index is 5.45. The topological polar surface area (TPSA) is 0 Å². The first kappa shape index (κ1) is 19.0. The molecule has 0 aromatic rings. The highest BCUT2D eigenvalue weighted by atomic mass is 35.5. The average Bonchev–Trinajstić information content (AvgIpc) is 2.43. The Bertz CT molecular complexity index is 175. The molecule has 0 aromatic heterocycles. The predicted molar refractivity (Wildman–Crippen MR) is 89.6 cm³/mol. The highest BCUT2D eigenvalue weighted by Gasteiger charge is 1.93. The number of rotatable bonds is 15. The molecular weight excluding hydrogens is 252 g/mol. The number of hydrogen-bond donors (Lipinski definition) is 0. The van der Waals surface area contributed by atoms with Crippen LogP contribution >= 0.6 is 11.6 Å². The van der Waals surface area contributed by atoms with Gasteiger partial charge in [0.05, 0.1) is 5.88 Å². The highest BCUT2D eigenvalue weighted by molar-refractivity contribution is 6.24. The second kappa shape index (κ2) is 18.0. The van der Waals surface area contributed by atoms with E-state index in [0.717, 1.165) is 0 Å². The van der Waals surface area contributed by atoms with Crippen LogP contribution in [0.4, 0.5) is 0 Å². The highest BCUT2D eigenvalue weighted by Crippen LogP contribution is 2.12. The minimum Gasteiger partial charge on any atom is -0.117 e. The fraction of sp³-hybridized carbons (Fsp3) is 0.833. The molecule has 1 radical (unpaired) electrons. The number of allylic oxidation sites excluding steroid dienone is 2. The molecule has 0 saturated carbocycles. The molecule has 113 valence electrons. The Balaban J connectivity index is 2.93. The minimum absolute atomic E-state index is 1.18. The fourth-order valence-corrected chi connectivity index (χ4v) is 2.53. The van der Waals surface area contributed by atoms with E-state index in [4.69, 9.17) is 11.6 Å². The van der Waals surface area contributed by atoms with Crippen molar-refractivity contribution in [3.05, 3.63) is 18.0 Å². The Morgan fingerprint density at radius 1 is 0.632 bits per heavy atom. The van der Waals surface area contributed by atoms with Gasteiger partial charge in [0, 0.05) is 0 Å². The van der Waals surface area contributed by atoms with Crippen molar-refractivity contribution in [1.29, 1.82) is 0 Å². The van der Waals surface area contributed by atoms with Crippen LogP contribution in [-0.2, 0) is 0 Å². The van der Waals surface area contributed by atoms with Gasteiger partial charge in [0.15, 0.2) is 0 Å². The van der Waals surface area contributed by atoms with Gasteiger partial charge in [-0.05, 0) is 12.8 Å². The second-order valence-corrected chi connectivity index (χ2v) is 5.84. The largest absolute Gasteiger partial charge is 0.117 e. The smallest absolute Gasteiger partial charge is 0.0715 e. The third-order valence-electron chi connectivity index (χ3n) is 3.68. The molecule has 0 fully saturated rings. The maximum absolute atomic E-state index is 5.45. The van der Waals surface area contributed by atoms with Crippen LogP contribution in [0.2, 0.25) is 0 Å². The molecular formula is C18H34Cl. The zero-order chi connectivity index (χ0) is 14.0. The Kier molecular flexibility index (Phi) is 18.1. The van der Waals surface area contributed by atoms with Gasteiger partial charge in [-0.3, -0.25) is 0 Å². The van der Waals surface area contributed by atoms with E-state index in [1.54, 1.807) is 5.88 Å². The van der Waals surface area contributed by atoms with Gasteiger partial charge >= 0.3 is 0 Å². The van der Waals surface area contributed by atoms with Gasteiger partial charge in [-0.25, -0.2) is 0 Å². The first-order valence-electron chi connectivity index (χ1n) is 8.50. The number of halogens is 1. The molecule has 0 nitrogen and oxygen atoms in total. The van der Waals surface area contributed by atoms with Crippen molar-refractivity contribution in [2.45, 2.75) is 96.8 Å². The lowest BCUT2D eigenvalue weighted by Crippen LogP contribution is -1.82. The molecule has 0 aliphatic rings. The summed E-state index contributed by atoms with van der Waals surface area (Å²) in [6, 6.07) is 0. The zero-order valence-corrected chi connectivity index (χ0v) is 13.8. The van der Waals surface area contributed by atoms with E-state index < -0.39 is 0 Å². The summed E-state index contributed by atoms with van der Waals surface area (Å²) in [6.45, 7) is 2.28. The summed E-state index contributed by atoms with van der Waals surface area (Å²) in [5, 5.41) is 0. The lowest BCUT2D eigenvalue weighted by molar-refractivity contribution is 0.540. The van der Waals surface area contributed by atoms with Crippen molar-refractivity contribution >= 4 is 11.6 Å². The van der Waals surface area contributed by atoms with Crippen LogP contribution in [0.15, 0.2) is 12.2 Å². The van der Waals surface area contributed by atoms with Gasteiger partial charge in [0.2, 0.25) is 0 Å². The van der Waals surface area contributed by atoms with Crippen LogP contribution in [-0.4, -0.2) is 0 Å². The Hall–Kier alpha value is 0.0300. The van der Waals surface area contributed by atoms with Gasteiger partial charge < -0.3 is 0 Å². The third kappa shape index (κ3) is 18.0. The molecule has 0 saturated heterocycles. The molecule has 0 atom stereocenters. The normalized spacial score (nSPS) is 11.5. The molecule has 1 heteroatoms. The molecule has 0 N–H and O–H groups in total. The molecule has 0 bridgehead atoms. The lowest BCUT2D eigenvalue weighted by Gasteiger charge is -2.02. The fourth-order valence-electron chi connectivity index (χ4n) is 2.43. The molecule has 0 heterocycles. The summed E-state index contributed by atoms with van der Waals surface area (Å²) in [6.07, 6.45) is 23.8. The van der Waals surface area contributed by atoms with Crippen LogP contribution in [0.3, 0.4) is 0 Å². The van der Waals surface area contributed by atoms with Crippen LogP contribution in [0, 0.1) is 5.88 Å². The van der Waals surface area contributed by atoms with Gasteiger partial charge in [-0.2, -0.15) is 0 Å². The first-order chi connectivity index (χ1) is 9.41. The summed E-state index contributed by atoms with van der Waals surface area (Å²) in [5.41, 5.74) is 0. The van der Waals surface area contributed by atoms with E-state index in [1.165, 1.54) is 89.9 Å². The predicted octanol–water partition coefficient (Wildman–Crippen LogP) is 7.42. The zero-order valence-electron chi connectivity index (χ0n) is 13.0. The monoisotopic (exact) mass is 285 g/mol. The van der Waals surface area contributed by atoms with Gasteiger partial charge in [-0.15, -0.1) is 11.6 Å². The van der Waals surface area contributed by atoms with E-state index >= 15 is 0 Å². The Morgan fingerprint density at radius 3 is 1.47 bits per heavy atom. The van der Waals surface area contributed by atoms with Crippen LogP contribution in [0.5, 0.6) is 0 Å². The van der Waals surface area contributed by atoms with Crippen LogP contribution < -0.4 is 0 Å². The van der Waals surface area contributed by atoms with Crippen LogP contribution in [0.1, 0.15) is 96.8 Å². The second-order valence-electron chi connectivity index (χ2n) is 5.59. The summed E-state index contributed by atoms with van der Waals surface area (Å²) in [5.74, 6) is 1.59. The Morgan fingerprint density at radius 2 is 1.05 bits per heavy atom. The van der Waals surface area contributed by atoms with Gasteiger partial charge in [0.1, 0.15) is 0 Å². The standard InChI is InChI=1S/C18H34Cl/c1-2-3-4-5-6-7-8-9-10-11-12-13-14-15-16-17-18-19/h16-18H,2-15H2,1H3/b17-16+. The molecule has 0 amide bonds. The van der Waals surface area contributed by atoms with E-state index in [2.05, 4.69) is 13.0 Å². The molecule has 0 aliphatic heterocycles. The summed E-state index contributed by atoms with van der Waals surface area (Å²) in [4.78, 5) is 0. The molecule has 0 aromatic carbocycles. The van der Waals surface area contributed by atoms with Crippen molar-refractivity contribution in [3.63, 3.8) is 0 Å². The van der Waals surface area contributed by atoms with Gasteiger partial charge in [-0.1, -0.05) is 96.1 Å². The van der Waals surface area contributed by atoms with Crippen molar-refractivity contribution in [2.24, 2.45) is 0 Å². The summed E-state index contributed by atoms with van der Waals surface area (Å²) >= 11 is 5.45. The average molecular weight is 286 g/mol. The van der Waals surface area contributed by atoms with Crippen molar-refractivity contribution in [1.82, 2.24) is 0 Å². The molecule has 0 unspecified atom stereocenters. The van der Waals surface area contributed by atoms with Crippen LogP contribution in [0.25, 0.3) is 0 Å². The summed E-state index contributed by atoms with van der Waals surface area (Å²) in [7, 11) is 0. The minimum atomic E-state index is 1.18. The SMILES string of the molecule is CCCCCCCCCCCCCCC/C=C/[CH]Cl. The van der Waals surface area contributed by atoms with Crippen molar-refractivity contribution < 1.29 is 0 Å². The summed E-state index contributed by atoms with van der Waals surface area (Å²) < 4.78 is 0. The van der Waals surface area contributed by atoms with E-state index in [9.17, 15) is 0 Å². The molecule has 0 rings (SSSR count). The van der Waals surface area contributed by atoms with E-state index in [0.29, 0.717) is 0 Å². The lowest BCUT2D eigenvalue weighted by atomic mass is 10.0. The quantitative estimate of drug-likeness (QED) is 0.275. The first-order valence-corrected chi connectivity index (χ1v) is 8.94. The van der Waals surface area contributed by atoms with E-state index in [-0.39, 0.29) is 0 Å². The molecule has 19 heavy (non-hydrogen) atoms. The number of hydrogen-bond acceptors (Lipinski definition) is 0. The van der Waals surface area contributed by atoms with Crippen molar-refractivity contribution in [2.75, 3.05) is 0 Å². The molecule has 0 aliphatic carbocycles.